The van der Waals surface area contributed by atoms with Gasteiger partial charge in [0.25, 0.3) is 0 Å². The molecule has 0 aliphatic heterocycles. The van der Waals surface area contributed by atoms with Crippen molar-refractivity contribution in [1.29, 1.82) is 0 Å². The minimum Gasteiger partial charge on any atom is -0.256 e. The maximum absolute atomic E-state index is 12.9. The summed E-state index contributed by atoms with van der Waals surface area (Å²) < 4.78 is 127. The van der Waals surface area contributed by atoms with Crippen LogP contribution in [0.4, 0.5) is 26.3 Å². The fourth-order valence-corrected chi connectivity index (χ4v) is 8.44. The lowest BCUT2D eigenvalue weighted by Gasteiger charge is -2.11. The third-order valence-electron chi connectivity index (χ3n) is 8.15. The second kappa shape index (κ2) is 13.9. The molecule has 0 bridgehead atoms. The number of hydrogen-bond donors (Lipinski definition) is 0. The molecule has 270 valence electrons. The van der Waals surface area contributed by atoms with Gasteiger partial charge in [-0.3, -0.25) is 19.9 Å². The average Bonchev–Trinajstić information content (AvgIpc) is 3.64. The maximum Gasteiger partial charge on any atom is 0.417 e. The van der Waals surface area contributed by atoms with Crippen molar-refractivity contribution in [2.75, 3.05) is 11.5 Å². The van der Waals surface area contributed by atoms with Crippen molar-refractivity contribution in [3.05, 3.63) is 105 Å². The zero-order valence-corrected chi connectivity index (χ0v) is 30.6. The highest BCUT2D eigenvalue weighted by atomic mass is 79.9. The predicted molar refractivity (Wildman–Crippen MR) is 183 cm³/mol. The topological polar surface area (TPSA) is 120 Å². The highest BCUT2D eigenvalue weighted by Crippen LogP contribution is 2.44. The molecule has 2 aliphatic rings. The van der Waals surface area contributed by atoms with Gasteiger partial charge >= 0.3 is 12.4 Å². The number of allylic oxidation sites excluding steroid dienone is 2. The monoisotopic (exact) mass is 814 g/mol. The highest BCUT2D eigenvalue weighted by Gasteiger charge is 2.35. The van der Waals surface area contributed by atoms with Crippen LogP contribution in [0.25, 0.3) is 21.7 Å². The average molecular weight is 816 g/mol. The summed E-state index contributed by atoms with van der Waals surface area (Å²) in [5.41, 5.74) is 2.88. The standard InChI is InChI=1S/C17H14BrF3N2O2S.C17H15F3N2O2S/c1-3-26(24,25)13-4-9(2)7-22-16(13)12-6-10-5-11(17(19,20)21)8-23-15(10)14(12)18;1-3-25(23,24)15-4-10(2)8-22-16(15)12-5-11-6-13(17(18,19)20)9-21-14(11)7-12/h4-5,7-8H,3,6H2,1-2H3;4,6-9H,3,5H2,1-2H3. The number of aromatic nitrogens is 4. The number of aryl methyl sites for hydroxylation is 2. The molecular formula is C34H29BrF6N4O4S2. The van der Waals surface area contributed by atoms with Crippen LogP contribution >= 0.6 is 15.9 Å². The third-order valence-corrected chi connectivity index (χ3v) is 12.5. The van der Waals surface area contributed by atoms with E-state index in [4.69, 9.17) is 0 Å². The van der Waals surface area contributed by atoms with E-state index in [-0.39, 0.29) is 45.5 Å². The molecule has 0 saturated carbocycles. The zero-order valence-electron chi connectivity index (χ0n) is 27.4. The van der Waals surface area contributed by atoms with Gasteiger partial charge in [0.1, 0.15) is 0 Å². The van der Waals surface area contributed by atoms with Crippen LogP contribution < -0.4 is 0 Å². The summed E-state index contributed by atoms with van der Waals surface area (Å²) >= 11 is 3.36. The van der Waals surface area contributed by atoms with Crippen LogP contribution in [0.3, 0.4) is 0 Å². The number of halogens is 7. The second-order valence-corrected chi connectivity index (χ2v) is 17.1. The normalized spacial score (nSPS) is 14.5. The first kappa shape index (κ1) is 38.3. The van der Waals surface area contributed by atoms with Crippen molar-refractivity contribution in [3.8, 4) is 0 Å². The summed E-state index contributed by atoms with van der Waals surface area (Å²) in [6, 6.07) is 5.17. The smallest absolute Gasteiger partial charge is 0.256 e. The van der Waals surface area contributed by atoms with Crippen LogP contribution in [0.2, 0.25) is 0 Å². The number of alkyl halides is 6. The first-order chi connectivity index (χ1) is 23.7. The van der Waals surface area contributed by atoms with Gasteiger partial charge in [-0.05, 0) is 93.5 Å². The summed E-state index contributed by atoms with van der Waals surface area (Å²) in [5.74, 6) is -0.179. The minimum atomic E-state index is -4.49. The van der Waals surface area contributed by atoms with E-state index in [0.717, 1.165) is 24.5 Å². The molecule has 0 spiro atoms. The van der Waals surface area contributed by atoms with Crippen molar-refractivity contribution in [1.82, 2.24) is 19.9 Å². The van der Waals surface area contributed by atoms with E-state index in [1.54, 1.807) is 32.2 Å². The minimum absolute atomic E-state index is 0.0794. The number of fused-ring (bicyclic) bond motifs is 2. The molecule has 6 rings (SSSR count). The molecule has 0 amide bonds. The molecule has 0 radical (unpaired) electrons. The van der Waals surface area contributed by atoms with E-state index < -0.39 is 43.2 Å². The second-order valence-electron chi connectivity index (χ2n) is 11.8. The lowest BCUT2D eigenvalue weighted by atomic mass is 10.1. The fourth-order valence-electron chi connectivity index (χ4n) is 5.45. The lowest BCUT2D eigenvalue weighted by Crippen LogP contribution is -2.09. The quantitative estimate of drug-likeness (QED) is 0.179. The van der Waals surface area contributed by atoms with Crippen molar-refractivity contribution in [2.45, 2.75) is 62.7 Å². The number of rotatable bonds is 6. The van der Waals surface area contributed by atoms with Crippen LogP contribution in [-0.2, 0) is 44.9 Å². The summed E-state index contributed by atoms with van der Waals surface area (Å²) in [6.45, 7) is 6.54. The largest absolute Gasteiger partial charge is 0.417 e. The predicted octanol–water partition coefficient (Wildman–Crippen LogP) is 8.11. The van der Waals surface area contributed by atoms with Gasteiger partial charge < -0.3 is 0 Å². The Kier molecular flexibility index (Phi) is 10.4. The van der Waals surface area contributed by atoms with E-state index in [2.05, 4.69) is 35.9 Å². The van der Waals surface area contributed by atoms with Crippen LogP contribution in [0, 0.1) is 13.8 Å². The van der Waals surface area contributed by atoms with Crippen molar-refractivity contribution in [2.24, 2.45) is 0 Å². The SMILES string of the molecule is CCS(=O)(=O)c1cc(C)cnc1C1=C(Br)c2ncc(C(F)(F)F)cc2C1.CCS(=O)(=O)c1cc(C)cnc1C1=Cc2ncc(C(F)(F)F)cc2C1. The Bertz CT molecular complexity index is 2340. The molecule has 0 N–H and O–H groups in total. The van der Waals surface area contributed by atoms with Gasteiger partial charge in [-0.15, -0.1) is 0 Å². The van der Waals surface area contributed by atoms with Crippen molar-refractivity contribution in [3.63, 3.8) is 0 Å². The number of nitrogens with zero attached hydrogens (tertiary/aromatic N) is 4. The molecule has 4 aromatic heterocycles. The summed E-state index contributed by atoms with van der Waals surface area (Å²) in [4.78, 5) is 16.4. The highest BCUT2D eigenvalue weighted by molar-refractivity contribution is 9.15. The molecule has 0 unspecified atom stereocenters. The van der Waals surface area contributed by atoms with Gasteiger partial charge in [-0.1, -0.05) is 13.8 Å². The van der Waals surface area contributed by atoms with Gasteiger partial charge in [0, 0.05) is 42.1 Å². The Morgan fingerprint density at radius 3 is 1.65 bits per heavy atom. The first-order valence-electron chi connectivity index (χ1n) is 15.3. The van der Waals surface area contributed by atoms with E-state index in [0.29, 0.717) is 49.3 Å². The summed E-state index contributed by atoms with van der Waals surface area (Å²) in [6.07, 6.45) is -2.44. The molecule has 4 aromatic rings. The molecule has 0 fully saturated rings. The van der Waals surface area contributed by atoms with Crippen LogP contribution in [0.1, 0.15) is 70.0 Å². The maximum atomic E-state index is 12.9. The first-order valence-corrected chi connectivity index (χ1v) is 19.4. The Hall–Kier alpha value is -3.96. The number of hydrogen-bond acceptors (Lipinski definition) is 8. The number of pyridine rings is 4. The number of sulfone groups is 2. The van der Waals surface area contributed by atoms with Gasteiger partial charge in [0.2, 0.25) is 0 Å². The molecule has 4 heterocycles. The van der Waals surface area contributed by atoms with Gasteiger partial charge in [-0.2, -0.15) is 26.3 Å². The third kappa shape index (κ3) is 7.94. The van der Waals surface area contributed by atoms with Crippen molar-refractivity contribution < 1.29 is 43.2 Å². The molecule has 0 atom stereocenters. The molecule has 2 aliphatic carbocycles. The molecule has 17 heteroatoms. The van der Waals surface area contributed by atoms with Crippen LogP contribution in [0.15, 0.2) is 58.8 Å². The molecule has 51 heavy (non-hydrogen) atoms. The molecule has 0 saturated heterocycles. The summed E-state index contributed by atoms with van der Waals surface area (Å²) in [7, 11) is -7.06. The van der Waals surface area contributed by atoms with Crippen molar-refractivity contribution >= 4 is 57.3 Å². The van der Waals surface area contributed by atoms with E-state index >= 15 is 0 Å². The van der Waals surface area contributed by atoms with Gasteiger partial charge in [0.15, 0.2) is 19.7 Å². The van der Waals surface area contributed by atoms with Gasteiger partial charge in [0.05, 0.1) is 55.2 Å². The molecule has 8 nitrogen and oxygen atoms in total. The van der Waals surface area contributed by atoms with Crippen LogP contribution in [-0.4, -0.2) is 48.3 Å². The Morgan fingerprint density at radius 2 is 1.12 bits per heavy atom. The lowest BCUT2D eigenvalue weighted by molar-refractivity contribution is -0.138. The zero-order chi connectivity index (χ0) is 37.7. The van der Waals surface area contributed by atoms with E-state index in [1.807, 2.05) is 0 Å². The van der Waals surface area contributed by atoms with E-state index in [9.17, 15) is 43.2 Å². The fraction of sp³-hybridized carbons (Fsp3) is 0.294. The summed E-state index contributed by atoms with van der Waals surface area (Å²) in [5, 5.41) is 0. The molecule has 0 aromatic carbocycles. The Morgan fingerprint density at radius 1 is 0.647 bits per heavy atom. The van der Waals surface area contributed by atoms with E-state index in [1.165, 1.54) is 26.1 Å². The Balaban J connectivity index is 0.000000198. The Labute approximate surface area is 298 Å². The van der Waals surface area contributed by atoms with Gasteiger partial charge in [-0.25, -0.2) is 16.8 Å². The van der Waals surface area contributed by atoms with Crippen LogP contribution in [0.5, 0.6) is 0 Å². The molecular weight excluding hydrogens is 786 g/mol.